The van der Waals surface area contributed by atoms with Crippen molar-refractivity contribution in [1.29, 1.82) is 0 Å². The molecule has 1 aromatic carbocycles. The van der Waals surface area contributed by atoms with Crippen LogP contribution in [-0.2, 0) is 0 Å². The molecular weight excluding hydrogens is 188 g/mol. The predicted molar refractivity (Wildman–Crippen MR) is 47.2 cm³/mol. The fraction of sp³-hybridized carbons (Fsp3) is 0. The fourth-order valence-corrected chi connectivity index (χ4v) is 1.44. The number of phenolic OH excluding ortho intramolecular Hbond substituents is 1. The quantitative estimate of drug-likeness (QED) is 0.770. The fourth-order valence-electron chi connectivity index (χ4n) is 0.810. The Morgan fingerprint density at radius 3 is 2.62 bits per heavy atom. The number of hydrogen-bond acceptors (Lipinski definition) is 5. The van der Waals surface area contributed by atoms with Gasteiger partial charge in [-0.25, -0.2) is 0 Å². The number of aromatic hydroxyl groups is 1. The highest BCUT2D eigenvalue weighted by Gasteiger charge is 1.96. The van der Waals surface area contributed by atoms with Crippen LogP contribution in [0.15, 0.2) is 35.5 Å². The van der Waals surface area contributed by atoms with E-state index in [-0.39, 0.29) is 5.75 Å². The van der Waals surface area contributed by atoms with E-state index in [0.29, 0.717) is 0 Å². The van der Waals surface area contributed by atoms with Gasteiger partial charge in [0.15, 0.2) is 6.33 Å². The summed E-state index contributed by atoms with van der Waals surface area (Å²) < 4.78 is 1.53. The molecule has 0 spiro atoms. The Kier molecular flexibility index (Phi) is 2.13. The van der Waals surface area contributed by atoms with Crippen LogP contribution in [0.4, 0.5) is 0 Å². The second-order valence-electron chi connectivity index (χ2n) is 2.30. The lowest BCUT2D eigenvalue weighted by Gasteiger charge is -1.97. The molecule has 66 valence electrons. The van der Waals surface area contributed by atoms with E-state index in [9.17, 15) is 0 Å². The summed E-state index contributed by atoms with van der Waals surface area (Å²) in [7, 11) is 0. The minimum absolute atomic E-state index is 0.251. The number of hydrogen-bond donors (Lipinski definition) is 1. The Morgan fingerprint density at radius 1 is 1.23 bits per heavy atom. The maximum atomic E-state index is 9.03. The predicted octanol–water partition coefficient (Wildman–Crippen LogP) is 0.934. The van der Waals surface area contributed by atoms with Gasteiger partial charge in [-0.1, -0.05) is 0 Å². The molecule has 0 saturated carbocycles. The first-order valence-corrected chi connectivity index (χ1v) is 4.32. The topological polar surface area (TPSA) is 63.8 Å². The summed E-state index contributed by atoms with van der Waals surface area (Å²) in [6, 6.07) is 6.82. The Balaban J connectivity index is 2.15. The summed E-state index contributed by atoms with van der Waals surface area (Å²) in [6.07, 6.45) is 1.51. The van der Waals surface area contributed by atoms with Crippen molar-refractivity contribution in [3.8, 4) is 5.75 Å². The van der Waals surface area contributed by atoms with Crippen LogP contribution < -0.4 is 0 Å². The van der Waals surface area contributed by atoms with Crippen molar-refractivity contribution in [2.45, 2.75) is 4.90 Å². The third-order valence-corrected chi connectivity index (χ3v) is 2.20. The molecule has 6 heteroatoms. The maximum absolute atomic E-state index is 9.03. The van der Waals surface area contributed by atoms with E-state index in [2.05, 4.69) is 15.5 Å². The molecule has 1 heterocycles. The average Bonchev–Trinajstić information content (AvgIpc) is 2.62. The van der Waals surface area contributed by atoms with Crippen LogP contribution in [0.1, 0.15) is 0 Å². The first-order chi connectivity index (χ1) is 6.34. The molecule has 0 unspecified atom stereocenters. The van der Waals surface area contributed by atoms with E-state index in [1.54, 1.807) is 24.3 Å². The average molecular weight is 194 g/mol. The van der Waals surface area contributed by atoms with Crippen molar-refractivity contribution in [3.63, 3.8) is 0 Å². The van der Waals surface area contributed by atoms with Crippen molar-refractivity contribution in [1.82, 2.24) is 19.6 Å². The first-order valence-electron chi connectivity index (χ1n) is 3.55. The van der Waals surface area contributed by atoms with Gasteiger partial charge in [-0.05, 0) is 34.7 Å². The standard InChI is InChI=1S/C7H6N4OS/c12-6-1-3-7(4-2-6)13-11-5-8-9-10-11/h1-5,12H. The SMILES string of the molecule is Oc1ccc(Sn2cnnn2)cc1. The van der Waals surface area contributed by atoms with E-state index in [4.69, 9.17) is 5.11 Å². The number of rotatable bonds is 2. The summed E-state index contributed by atoms with van der Waals surface area (Å²) >= 11 is 1.37. The molecule has 0 atom stereocenters. The molecule has 0 radical (unpaired) electrons. The van der Waals surface area contributed by atoms with Crippen molar-refractivity contribution in [2.75, 3.05) is 0 Å². The lowest BCUT2D eigenvalue weighted by Crippen LogP contribution is -1.86. The molecule has 0 aliphatic heterocycles. The lowest BCUT2D eigenvalue weighted by molar-refractivity contribution is 0.475. The van der Waals surface area contributed by atoms with Gasteiger partial charge in [0.2, 0.25) is 0 Å². The van der Waals surface area contributed by atoms with Gasteiger partial charge in [-0.3, -0.25) is 0 Å². The zero-order chi connectivity index (χ0) is 9.10. The van der Waals surface area contributed by atoms with E-state index < -0.39 is 0 Å². The van der Waals surface area contributed by atoms with Crippen molar-refractivity contribution < 1.29 is 5.11 Å². The van der Waals surface area contributed by atoms with Gasteiger partial charge in [0, 0.05) is 16.8 Å². The van der Waals surface area contributed by atoms with E-state index >= 15 is 0 Å². The van der Waals surface area contributed by atoms with Crippen LogP contribution >= 0.6 is 11.9 Å². The Hall–Kier alpha value is -1.56. The monoisotopic (exact) mass is 194 g/mol. The van der Waals surface area contributed by atoms with Crippen LogP contribution in [0.2, 0.25) is 0 Å². The normalized spacial score (nSPS) is 10.2. The van der Waals surface area contributed by atoms with Gasteiger partial charge in [-0.2, -0.15) is 4.09 Å². The summed E-state index contributed by atoms with van der Waals surface area (Å²) in [6.45, 7) is 0. The zero-order valence-electron chi connectivity index (χ0n) is 6.53. The maximum Gasteiger partial charge on any atom is 0.151 e. The van der Waals surface area contributed by atoms with E-state index in [1.807, 2.05) is 0 Å². The van der Waals surface area contributed by atoms with Crippen LogP contribution in [0.25, 0.3) is 0 Å². The lowest BCUT2D eigenvalue weighted by atomic mass is 10.3. The minimum Gasteiger partial charge on any atom is -0.508 e. The summed E-state index contributed by atoms with van der Waals surface area (Å²) in [5.74, 6) is 0.251. The zero-order valence-corrected chi connectivity index (χ0v) is 7.35. The molecule has 1 aromatic heterocycles. The molecule has 0 saturated heterocycles. The summed E-state index contributed by atoms with van der Waals surface area (Å²) in [5.41, 5.74) is 0. The second-order valence-corrected chi connectivity index (χ2v) is 3.33. The molecule has 0 aliphatic rings. The van der Waals surface area contributed by atoms with Gasteiger partial charge < -0.3 is 5.11 Å². The van der Waals surface area contributed by atoms with Crippen LogP contribution in [-0.4, -0.2) is 24.7 Å². The van der Waals surface area contributed by atoms with E-state index in [1.165, 1.54) is 22.4 Å². The highest BCUT2D eigenvalue weighted by molar-refractivity contribution is 7.97. The molecular formula is C7H6N4OS. The highest BCUT2D eigenvalue weighted by atomic mass is 32.2. The minimum atomic E-state index is 0.251. The van der Waals surface area contributed by atoms with Crippen molar-refractivity contribution in [3.05, 3.63) is 30.6 Å². The van der Waals surface area contributed by atoms with Gasteiger partial charge in [0.25, 0.3) is 0 Å². The number of aromatic nitrogens is 4. The molecule has 0 aliphatic carbocycles. The Morgan fingerprint density at radius 2 is 2.00 bits per heavy atom. The summed E-state index contributed by atoms with van der Waals surface area (Å²) in [5, 5.41) is 19.7. The number of benzene rings is 1. The highest BCUT2D eigenvalue weighted by Crippen LogP contribution is 2.20. The number of phenols is 1. The molecule has 0 fully saturated rings. The molecule has 2 rings (SSSR count). The van der Waals surface area contributed by atoms with Crippen molar-refractivity contribution in [2.24, 2.45) is 0 Å². The smallest absolute Gasteiger partial charge is 0.151 e. The second kappa shape index (κ2) is 3.44. The Bertz CT molecular complexity index is 372. The number of tetrazole rings is 1. The van der Waals surface area contributed by atoms with Crippen molar-refractivity contribution >= 4 is 11.9 Å². The van der Waals surface area contributed by atoms with Crippen LogP contribution in [0, 0.1) is 0 Å². The third kappa shape index (κ3) is 1.97. The molecule has 0 amide bonds. The molecule has 0 bridgehead atoms. The first kappa shape index (κ1) is 8.06. The third-order valence-electron chi connectivity index (χ3n) is 1.37. The van der Waals surface area contributed by atoms with E-state index in [0.717, 1.165) is 4.90 Å². The van der Waals surface area contributed by atoms with Crippen LogP contribution in [0.3, 0.4) is 0 Å². The van der Waals surface area contributed by atoms with Gasteiger partial charge in [0.05, 0.1) is 0 Å². The van der Waals surface area contributed by atoms with Gasteiger partial charge >= 0.3 is 0 Å². The molecule has 5 nitrogen and oxygen atoms in total. The molecule has 2 aromatic rings. The Labute approximate surface area is 78.5 Å². The molecule has 1 N–H and O–H groups in total. The molecule has 13 heavy (non-hydrogen) atoms. The summed E-state index contributed by atoms with van der Waals surface area (Å²) in [4.78, 5) is 0.963. The van der Waals surface area contributed by atoms with Gasteiger partial charge in [-0.15, -0.1) is 5.10 Å². The van der Waals surface area contributed by atoms with Crippen LogP contribution in [0.5, 0.6) is 5.75 Å². The number of nitrogens with zero attached hydrogens (tertiary/aromatic N) is 4. The largest absolute Gasteiger partial charge is 0.508 e. The van der Waals surface area contributed by atoms with Gasteiger partial charge in [0.1, 0.15) is 5.75 Å².